The van der Waals surface area contributed by atoms with Crippen LogP contribution in [0.1, 0.15) is 34.8 Å². The van der Waals surface area contributed by atoms with Crippen LogP contribution in [-0.2, 0) is 4.74 Å². The van der Waals surface area contributed by atoms with E-state index in [4.69, 9.17) is 9.47 Å². The second kappa shape index (κ2) is 7.43. The molecular weight excluding hydrogens is 336 g/mol. The molecule has 7 heteroatoms. The molecule has 1 unspecified atom stereocenters. The summed E-state index contributed by atoms with van der Waals surface area (Å²) in [4.78, 5) is 24.9. The van der Waals surface area contributed by atoms with Crippen molar-refractivity contribution >= 4 is 17.3 Å². The Kier molecular flexibility index (Phi) is 5.06. The Morgan fingerprint density at radius 1 is 1.19 bits per heavy atom. The third-order valence-electron chi connectivity index (χ3n) is 4.66. The van der Waals surface area contributed by atoms with Crippen LogP contribution >= 0.6 is 0 Å². The highest BCUT2D eigenvalue weighted by molar-refractivity contribution is 5.96. The summed E-state index contributed by atoms with van der Waals surface area (Å²) in [6, 6.07) is 12.2. The minimum absolute atomic E-state index is 0.0887. The van der Waals surface area contributed by atoms with Crippen molar-refractivity contribution in [2.75, 3.05) is 25.7 Å². The minimum Gasteiger partial charge on any atom is -0.497 e. The lowest BCUT2D eigenvalue weighted by Gasteiger charge is -2.28. The van der Waals surface area contributed by atoms with Crippen LogP contribution in [-0.4, -0.2) is 31.7 Å². The first kappa shape index (κ1) is 17.7. The van der Waals surface area contributed by atoms with E-state index in [1.165, 1.54) is 19.2 Å². The second-order valence-electron chi connectivity index (χ2n) is 6.07. The number of nitrogens with zero attached hydrogens (tertiary/aromatic N) is 2. The monoisotopic (exact) mass is 356 g/mol. The lowest BCUT2D eigenvalue weighted by atomic mass is 10.0. The van der Waals surface area contributed by atoms with Crippen LogP contribution in [0.5, 0.6) is 5.75 Å². The van der Waals surface area contributed by atoms with Crippen molar-refractivity contribution in [1.82, 2.24) is 0 Å². The van der Waals surface area contributed by atoms with Gasteiger partial charge in [0.05, 0.1) is 36.4 Å². The van der Waals surface area contributed by atoms with E-state index in [2.05, 4.69) is 4.90 Å². The van der Waals surface area contributed by atoms with E-state index in [9.17, 15) is 14.9 Å². The summed E-state index contributed by atoms with van der Waals surface area (Å²) in [5.74, 6) is 0.202. The summed E-state index contributed by atoms with van der Waals surface area (Å²) in [5.41, 5.74) is 1.84. The van der Waals surface area contributed by atoms with Crippen LogP contribution in [0.3, 0.4) is 0 Å². The molecule has 1 atom stereocenters. The number of carbonyl (C=O) groups is 1. The van der Waals surface area contributed by atoms with E-state index in [0.29, 0.717) is 5.69 Å². The Morgan fingerprint density at radius 2 is 1.92 bits per heavy atom. The Bertz CT molecular complexity index is 819. The number of non-ortho nitro benzene ring substituents is 1. The van der Waals surface area contributed by atoms with Gasteiger partial charge in [-0.1, -0.05) is 12.1 Å². The predicted molar refractivity (Wildman–Crippen MR) is 96.8 cm³/mol. The quantitative estimate of drug-likeness (QED) is 0.461. The van der Waals surface area contributed by atoms with Gasteiger partial charge in [0.15, 0.2) is 0 Å². The number of hydrogen-bond donors (Lipinski definition) is 0. The Morgan fingerprint density at radius 3 is 2.54 bits per heavy atom. The van der Waals surface area contributed by atoms with Crippen LogP contribution < -0.4 is 9.64 Å². The molecule has 1 aliphatic rings. The van der Waals surface area contributed by atoms with Crippen molar-refractivity contribution in [3.05, 3.63) is 63.7 Å². The number of benzene rings is 2. The molecule has 2 aromatic rings. The van der Waals surface area contributed by atoms with Gasteiger partial charge in [-0.3, -0.25) is 10.1 Å². The zero-order valence-electron chi connectivity index (χ0n) is 14.7. The molecule has 0 aliphatic carbocycles. The van der Waals surface area contributed by atoms with E-state index in [0.717, 1.165) is 30.7 Å². The molecule has 0 saturated carbocycles. The van der Waals surface area contributed by atoms with Crippen LogP contribution in [0.2, 0.25) is 0 Å². The zero-order chi connectivity index (χ0) is 18.7. The van der Waals surface area contributed by atoms with Gasteiger partial charge < -0.3 is 14.4 Å². The Balaban J connectivity index is 2.00. The molecule has 0 bridgehead atoms. The van der Waals surface area contributed by atoms with Crippen molar-refractivity contribution < 1.29 is 19.2 Å². The normalized spacial score (nSPS) is 16.4. The second-order valence-corrected chi connectivity index (χ2v) is 6.07. The van der Waals surface area contributed by atoms with Crippen molar-refractivity contribution in [2.45, 2.75) is 18.9 Å². The van der Waals surface area contributed by atoms with E-state index in [-0.39, 0.29) is 17.3 Å². The summed E-state index contributed by atoms with van der Waals surface area (Å²) in [7, 11) is 2.90. The van der Waals surface area contributed by atoms with Crippen molar-refractivity contribution in [3.63, 3.8) is 0 Å². The highest BCUT2D eigenvalue weighted by Gasteiger charge is 2.30. The van der Waals surface area contributed by atoms with Crippen molar-refractivity contribution in [1.29, 1.82) is 0 Å². The van der Waals surface area contributed by atoms with Crippen LogP contribution in [0.4, 0.5) is 11.4 Å². The van der Waals surface area contributed by atoms with Gasteiger partial charge in [0.25, 0.3) is 5.69 Å². The largest absolute Gasteiger partial charge is 0.497 e. The first-order chi connectivity index (χ1) is 12.5. The number of esters is 1. The van der Waals surface area contributed by atoms with Gasteiger partial charge in [-0.05, 0) is 36.6 Å². The van der Waals surface area contributed by atoms with E-state index >= 15 is 0 Å². The van der Waals surface area contributed by atoms with Gasteiger partial charge in [-0.2, -0.15) is 0 Å². The molecule has 2 aromatic carbocycles. The molecular formula is C19H20N2O5. The van der Waals surface area contributed by atoms with Crippen molar-refractivity contribution in [3.8, 4) is 5.75 Å². The van der Waals surface area contributed by atoms with Crippen molar-refractivity contribution in [2.24, 2.45) is 0 Å². The predicted octanol–water partition coefficient (Wildman–Crippen LogP) is 3.73. The SMILES string of the molecule is COC(=O)c1cc([N+](=O)[O-])ccc1N1CCCC1c1ccc(OC)cc1. The van der Waals surface area contributed by atoms with Crippen LogP contribution in [0, 0.1) is 10.1 Å². The molecule has 0 aromatic heterocycles. The third-order valence-corrected chi connectivity index (χ3v) is 4.66. The maximum absolute atomic E-state index is 12.2. The number of ether oxygens (including phenoxy) is 2. The van der Waals surface area contributed by atoms with E-state index < -0.39 is 10.9 Å². The molecule has 1 fully saturated rings. The topological polar surface area (TPSA) is 81.9 Å². The van der Waals surface area contributed by atoms with Gasteiger partial charge in [-0.15, -0.1) is 0 Å². The molecule has 0 spiro atoms. The average Bonchev–Trinajstić information content (AvgIpc) is 3.16. The maximum atomic E-state index is 12.2. The molecule has 7 nitrogen and oxygen atoms in total. The van der Waals surface area contributed by atoms with Gasteiger partial charge in [0.1, 0.15) is 5.75 Å². The summed E-state index contributed by atoms with van der Waals surface area (Å²) < 4.78 is 10.0. The molecule has 1 aliphatic heterocycles. The fourth-order valence-electron chi connectivity index (χ4n) is 3.39. The minimum atomic E-state index is -0.580. The first-order valence-corrected chi connectivity index (χ1v) is 8.32. The third kappa shape index (κ3) is 3.33. The highest BCUT2D eigenvalue weighted by Crippen LogP contribution is 2.39. The number of anilines is 1. The number of methoxy groups -OCH3 is 2. The Labute approximate surface area is 151 Å². The molecule has 0 amide bonds. The lowest BCUT2D eigenvalue weighted by Crippen LogP contribution is -2.25. The summed E-state index contributed by atoms with van der Waals surface area (Å²) in [5, 5.41) is 11.1. The zero-order valence-corrected chi connectivity index (χ0v) is 14.7. The smallest absolute Gasteiger partial charge is 0.340 e. The van der Waals surface area contributed by atoms with Gasteiger partial charge in [0, 0.05) is 18.7 Å². The fraction of sp³-hybridized carbons (Fsp3) is 0.316. The summed E-state index contributed by atoms with van der Waals surface area (Å²) in [6.45, 7) is 0.762. The Hall–Kier alpha value is -3.09. The van der Waals surface area contributed by atoms with Gasteiger partial charge in [0.2, 0.25) is 0 Å². The molecule has 1 heterocycles. The van der Waals surface area contributed by atoms with Gasteiger partial charge in [-0.25, -0.2) is 4.79 Å². The molecule has 3 rings (SSSR count). The molecule has 136 valence electrons. The molecule has 0 N–H and O–H groups in total. The molecule has 26 heavy (non-hydrogen) atoms. The molecule has 1 saturated heterocycles. The fourth-order valence-corrected chi connectivity index (χ4v) is 3.39. The maximum Gasteiger partial charge on any atom is 0.340 e. The van der Waals surface area contributed by atoms with Crippen LogP contribution in [0.15, 0.2) is 42.5 Å². The number of nitro benzene ring substituents is 1. The highest BCUT2D eigenvalue weighted by atomic mass is 16.6. The average molecular weight is 356 g/mol. The number of carbonyl (C=O) groups excluding carboxylic acids is 1. The van der Waals surface area contributed by atoms with E-state index in [1.807, 2.05) is 24.3 Å². The molecule has 0 radical (unpaired) electrons. The van der Waals surface area contributed by atoms with Gasteiger partial charge >= 0.3 is 5.97 Å². The summed E-state index contributed by atoms with van der Waals surface area (Å²) >= 11 is 0. The summed E-state index contributed by atoms with van der Waals surface area (Å²) in [6.07, 6.45) is 1.90. The van der Waals surface area contributed by atoms with Crippen LogP contribution in [0.25, 0.3) is 0 Å². The van der Waals surface area contributed by atoms with E-state index in [1.54, 1.807) is 13.2 Å². The number of nitro groups is 1. The first-order valence-electron chi connectivity index (χ1n) is 8.32. The number of rotatable bonds is 5. The standard InChI is InChI=1S/C19H20N2O5/c1-25-15-8-5-13(6-9-15)17-4-3-11-20(17)18-10-7-14(21(23)24)12-16(18)19(22)26-2/h5-10,12,17H,3-4,11H2,1-2H3. The number of hydrogen-bond acceptors (Lipinski definition) is 6. The lowest BCUT2D eigenvalue weighted by molar-refractivity contribution is -0.384.